The van der Waals surface area contributed by atoms with Crippen LogP contribution in [0.4, 0.5) is 0 Å². The van der Waals surface area contributed by atoms with Crippen molar-refractivity contribution in [2.75, 3.05) is 0 Å². The summed E-state index contributed by atoms with van der Waals surface area (Å²) < 4.78 is 0. The number of carbonyl (C=O) groups is 1. The molecule has 0 aliphatic rings. The highest BCUT2D eigenvalue weighted by molar-refractivity contribution is 7.66. The predicted octanol–water partition coefficient (Wildman–Crippen LogP) is 6.41. The first-order chi connectivity index (χ1) is 12.8. The molecular formula is C25H27OP. The van der Waals surface area contributed by atoms with Crippen LogP contribution in [0.15, 0.2) is 66.7 Å². The molecule has 3 aromatic carbocycles. The molecule has 0 N–H and O–H groups in total. The molecular weight excluding hydrogens is 347 g/mol. The smallest absolute Gasteiger partial charge is 0.185 e. The molecule has 138 valence electrons. The van der Waals surface area contributed by atoms with E-state index in [4.69, 9.17) is 0 Å². The Kier molecular flexibility index (Phi) is 5.63. The first-order valence-electron chi connectivity index (χ1n) is 9.34. The van der Waals surface area contributed by atoms with Crippen molar-refractivity contribution in [2.45, 2.75) is 40.0 Å². The summed E-state index contributed by atoms with van der Waals surface area (Å²) in [6.07, 6.45) is 0. The molecule has 0 heterocycles. The van der Waals surface area contributed by atoms with Gasteiger partial charge in [-0.3, -0.25) is 4.79 Å². The average Bonchev–Trinajstić information content (AvgIpc) is 2.64. The van der Waals surface area contributed by atoms with Gasteiger partial charge in [-0.05, 0) is 61.0 Å². The van der Waals surface area contributed by atoms with Gasteiger partial charge in [0.25, 0.3) is 0 Å². The molecule has 0 saturated carbocycles. The second-order valence-corrected chi connectivity index (χ2v) is 9.34. The molecule has 0 amide bonds. The Balaban J connectivity index is 1.84. The van der Waals surface area contributed by atoms with Crippen molar-refractivity contribution < 1.29 is 4.79 Å². The largest absolute Gasteiger partial charge is 0.289 e. The maximum Gasteiger partial charge on any atom is 0.185 e. The minimum absolute atomic E-state index is 0.101. The number of benzene rings is 3. The molecule has 3 aromatic rings. The van der Waals surface area contributed by atoms with Gasteiger partial charge in [0, 0.05) is 5.56 Å². The summed E-state index contributed by atoms with van der Waals surface area (Å²) in [5.74, 6) is 0. The zero-order valence-electron chi connectivity index (χ0n) is 16.8. The van der Waals surface area contributed by atoms with Gasteiger partial charge in [0.05, 0.1) is 0 Å². The number of rotatable bonds is 4. The highest BCUT2D eigenvalue weighted by Crippen LogP contribution is 2.28. The zero-order valence-corrected chi connectivity index (χ0v) is 17.8. The van der Waals surface area contributed by atoms with Gasteiger partial charge in [-0.1, -0.05) is 87.5 Å². The van der Waals surface area contributed by atoms with Gasteiger partial charge in [-0.25, -0.2) is 0 Å². The van der Waals surface area contributed by atoms with Crippen molar-refractivity contribution in [1.29, 1.82) is 0 Å². The fourth-order valence-corrected chi connectivity index (χ4v) is 4.34. The van der Waals surface area contributed by atoms with Crippen molar-refractivity contribution in [1.82, 2.24) is 0 Å². The van der Waals surface area contributed by atoms with Crippen LogP contribution in [0.25, 0.3) is 11.1 Å². The predicted molar refractivity (Wildman–Crippen MR) is 119 cm³/mol. The number of aryl methyl sites for hydroxylation is 2. The summed E-state index contributed by atoms with van der Waals surface area (Å²) in [6, 6.07) is 22.9. The van der Waals surface area contributed by atoms with Gasteiger partial charge in [-0.2, -0.15) is 0 Å². The molecule has 0 radical (unpaired) electrons. The van der Waals surface area contributed by atoms with Gasteiger partial charge >= 0.3 is 0 Å². The van der Waals surface area contributed by atoms with Gasteiger partial charge in [0.15, 0.2) is 5.52 Å². The van der Waals surface area contributed by atoms with E-state index in [0.29, 0.717) is 0 Å². The van der Waals surface area contributed by atoms with Crippen molar-refractivity contribution in [2.24, 2.45) is 0 Å². The number of hydrogen-bond acceptors (Lipinski definition) is 1. The Morgan fingerprint density at radius 2 is 1.33 bits per heavy atom. The number of hydrogen-bond donors (Lipinski definition) is 0. The van der Waals surface area contributed by atoms with E-state index in [0.717, 1.165) is 5.56 Å². The lowest BCUT2D eigenvalue weighted by molar-refractivity contribution is 0.108. The average molecular weight is 374 g/mol. The van der Waals surface area contributed by atoms with E-state index in [2.05, 4.69) is 83.1 Å². The topological polar surface area (TPSA) is 17.1 Å². The van der Waals surface area contributed by atoms with Crippen molar-refractivity contribution in [3.05, 3.63) is 89.0 Å². The van der Waals surface area contributed by atoms with E-state index >= 15 is 0 Å². The molecule has 1 atom stereocenters. The molecule has 1 unspecified atom stereocenters. The summed E-state index contributed by atoms with van der Waals surface area (Å²) in [5, 5.41) is 1.17. The molecule has 0 aliphatic heterocycles. The number of carbonyl (C=O) groups excluding carboxylic acids is 1. The van der Waals surface area contributed by atoms with E-state index < -0.39 is 0 Å². The molecule has 0 aliphatic carbocycles. The normalized spacial score (nSPS) is 11.9. The minimum Gasteiger partial charge on any atom is -0.289 e. The highest BCUT2D eigenvalue weighted by Gasteiger charge is 2.16. The molecule has 0 saturated heterocycles. The summed E-state index contributed by atoms with van der Waals surface area (Å²) >= 11 is 0. The fraction of sp³-hybridized carbons (Fsp3) is 0.240. The third kappa shape index (κ3) is 4.54. The minimum atomic E-state index is 0.101. The maximum absolute atomic E-state index is 12.8. The summed E-state index contributed by atoms with van der Waals surface area (Å²) in [4.78, 5) is 12.8. The van der Waals surface area contributed by atoms with Gasteiger partial charge in [-0.15, -0.1) is 0 Å². The standard InChI is InChI=1S/C25H27OP/c1-17-15-21(19-9-7-6-8-10-19)16-18(2)23(17)27-24(26)20-11-13-22(14-12-20)25(3,4)5/h6-16,27H,1-5H3. The summed E-state index contributed by atoms with van der Waals surface area (Å²) in [7, 11) is 0.152. The second kappa shape index (κ2) is 7.79. The van der Waals surface area contributed by atoms with Gasteiger partial charge in [0.2, 0.25) is 0 Å². The Hall–Kier alpha value is -2.24. The van der Waals surface area contributed by atoms with Crippen molar-refractivity contribution in [3.63, 3.8) is 0 Å². The van der Waals surface area contributed by atoms with Crippen LogP contribution in [0.1, 0.15) is 47.8 Å². The molecule has 3 rings (SSSR count). The lowest BCUT2D eigenvalue weighted by Crippen LogP contribution is -2.12. The molecule has 0 spiro atoms. The van der Waals surface area contributed by atoms with Crippen LogP contribution in [-0.4, -0.2) is 5.52 Å². The monoisotopic (exact) mass is 374 g/mol. The first kappa shape index (κ1) is 19.5. The molecule has 0 fully saturated rings. The van der Waals surface area contributed by atoms with E-state index in [1.807, 2.05) is 18.2 Å². The quantitative estimate of drug-likeness (QED) is 0.482. The fourth-order valence-electron chi connectivity index (χ4n) is 3.27. The van der Waals surface area contributed by atoms with E-state index in [1.165, 1.54) is 33.1 Å². The van der Waals surface area contributed by atoms with Crippen LogP contribution in [-0.2, 0) is 5.41 Å². The Morgan fingerprint density at radius 3 is 1.85 bits per heavy atom. The Morgan fingerprint density at radius 1 is 0.778 bits per heavy atom. The van der Waals surface area contributed by atoms with Crippen LogP contribution < -0.4 is 5.30 Å². The molecule has 1 nitrogen and oxygen atoms in total. The van der Waals surface area contributed by atoms with Crippen LogP contribution in [0.3, 0.4) is 0 Å². The van der Waals surface area contributed by atoms with E-state index in [-0.39, 0.29) is 19.5 Å². The lowest BCUT2D eigenvalue weighted by atomic mass is 9.87. The zero-order chi connectivity index (χ0) is 19.6. The van der Waals surface area contributed by atoms with Crippen molar-refractivity contribution >= 4 is 19.4 Å². The van der Waals surface area contributed by atoms with E-state index in [9.17, 15) is 4.79 Å². The van der Waals surface area contributed by atoms with Gasteiger partial charge in [0.1, 0.15) is 0 Å². The van der Waals surface area contributed by atoms with Crippen LogP contribution in [0.2, 0.25) is 0 Å². The third-order valence-corrected chi connectivity index (χ3v) is 6.45. The molecule has 2 heteroatoms. The van der Waals surface area contributed by atoms with Crippen LogP contribution >= 0.6 is 8.58 Å². The molecule has 0 aromatic heterocycles. The van der Waals surface area contributed by atoms with Crippen LogP contribution in [0.5, 0.6) is 0 Å². The second-order valence-electron chi connectivity index (χ2n) is 8.13. The summed E-state index contributed by atoms with van der Waals surface area (Å²) in [5.41, 5.74) is 7.15. The molecule has 27 heavy (non-hydrogen) atoms. The third-order valence-electron chi connectivity index (χ3n) is 4.89. The first-order valence-corrected chi connectivity index (χ1v) is 10.3. The highest BCUT2D eigenvalue weighted by atomic mass is 31.1. The Bertz CT molecular complexity index is 925. The van der Waals surface area contributed by atoms with Crippen LogP contribution in [0, 0.1) is 13.8 Å². The van der Waals surface area contributed by atoms with Gasteiger partial charge < -0.3 is 0 Å². The van der Waals surface area contributed by atoms with Crippen molar-refractivity contribution in [3.8, 4) is 11.1 Å². The van der Waals surface area contributed by atoms with E-state index in [1.54, 1.807) is 0 Å². The summed E-state index contributed by atoms with van der Waals surface area (Å²) in [6.45, 7) is 10.8. The lowest BCUT2D eigenvalue weighted by Gasteiger charge is -2.19. The molecule has 0 bridgehead atoms. The Labute approximate surface area is 164 Å². The maximum atomic E-state index is 12.8. The SMILES string of the molecule is Cc1cc(-c2ccccc2)cc(C)c1PC(=O)c1ccc(C(C)(C)C)cc1.